The molecule has 6 heteroatoms. The summed E-state index contributed by atoms with van der Waals surface area (Å²) in [6.45, 7) is 1.61. The van der Waals surface area contributed by atoms with Gasteiger partial charge in [0.15, 0.2) is 9.84 Å². The van der Waals surface area contributed by atoms with Crippen molar-refractivity contribution < 1.29 is 18.3 Å². The predicted octanol–water partition coefficient (Wildman–Crippen LogP) is 3.78. The van der Waals surface area contributed by atoms with Crippen LogP contribution in [0.5, 0.6) is 0 Å². The van der Waals surface area contributed by atoms with Gasteiger partial charge in [-0.1, -0.05) is 30.3 Å². The van der Waals surface area contributed by atoms with Gasteiger partial charge in [-0.05, 0) is 55.9 Å². The fourth-order valence-corrected chi connectivity index (χ4v) is 5.08. The molecule has 1 aliphatic heterocycles. The van der Waals surface area contributed by atoms with E-state index >= 15 is 0 Å². The smallest absolute Gasteiger partial charge is 0.335 e. The summed E-state index contributed by atoms with van der Waals surface area (Å²) < 4.78 is 26.1. The molecule has 0 spiro atoms. The van der Waals surface area contributed by atoms with Crippen LogP contribution in [0.25, 0.3) is 0 Å². The Morgan fingerprint density at radius 1 is 1.00 bits per heavy atom. The lowest BCUT2D eigenvalue weighted by Gasteiger charge is -2.30. The molecule has 3 rings (SSSR count). The summed E-state index contributed by atoms with van der Waals surface area (Å²) in [5, 5.41) is 9.29. The summed E-state index contributed by atoms with van der Waals surface area (Å²) in [4.78, 5) is 13.6. The van der Waals surface area contributed by atoms with E-state index in [1.807, 2.05) is 30.3 Å². The molecule has 2 aromatic rings. The fraction of sp³-hybridized carbons (Fsp3) is 0.381. The Balaban J connectivity index is 1.84. The van der Waals surface area contributed by atoms with Gasteiger partial charge in [0.2, 0.25) is 0 Å². The average molecular weight is 388 g/mol. The molecule has 0 aliphatic carbocycles. The number of carboxylic acid groups (broad SMARTS) is 1. The lowest BCUT2D eigenvalue weighted by atomic mass is 10.1. The van der Waals surface area contributed by atoms with E-state index in [1.54, 1.807) is 6.07 Å². The van der Waals surface area contributed by atoms with Gasteiger partial charge in [-0.15, -0.1) is 0 Å². The number of rotatable bonds is 7. The van der Waals surface area contributed by atoms with E-state index < -0.39 is 15.8 Å². The van der Waals surface area contributed by atoms with Crippen molar-refractivity contribution in [2.75, 3.05) is 23.7 Å². The zero-order valence-electron chi connectivity index (χ0n) is 15.3. The lowest BCUT2D eigenvalue weighted by molar-refractivity contribution is 0.0696. The molecule has 2 aromatic carbocycles. The molecular formula is C21H25NO4S. The molecule has 27 heavy (non-hydrogen) atoms. The number of carbonyl (C=O) groups is 1. The minimum absolute atomic E-state index is 0.00576. The van der Waals surface area contributed by atoms with Gasteiger partial charge < -0.3 is 10.0 Å². The molecule has 5 nitrogen and oxygen atoms in total. The lowest BCUT2D eigenvalue weighted by Crippen LogP contribution is -2.31. The van der Waals surface area contributed by atoms with Crippen LogP contribution < -0.4 is 4.90 Å². The third-order valence-electron chi connectivity index (χ3n) is 4.96. The average Bonchev–Trinajstić information content (AvgIpc) is 2.69. The highest BCUT2D eigenvalue weighted by molar-refractivity contribution is 7.91. The highest BCUT2D eigenvalue weighted by Gasteiger charge is 2.24. The molecule has 1 fully saturated rings. The fourth-order valence-electron chi connectivity index (χ4n) is 3.51. The van der Waals surface area contributed by atoms with E-state index in [2.05, 4.69) is 4.90 Å². The van der Waals surface area contributed by atoms with Crippen LogP contribution in [0.15, 0.2) is 53.4 Å². The third kappa shape index (κ3) is 4.89. The Morgan fingerprint density at radius 3 is 2.37 bits per heavy atom. The molecule has 0 saturated carbocycles. The van der Waals surface area contributed by atoms with E-state index in [0.29, 0.717) is 18.5 Å². The first-order chi connectivity index (χ1) is 13.0. The molecule has 1 aliphatic rings. The van der Waals surface area contributed by atoms with Crippen LogP contribution >= 0.6 is 0 Å². The monoisotopic (exact) mass is 387 g/mol. The maximum absolute atomic E-state index is 13.0. The van der Waals surface area contributed by atoms with Crippen LogP contribution in [-0.4, -0.2) is 38.3 Å². The van der Waals surface area contributed by atoms with Crippen molar-refractivity contribution >= 4 is 21.5 Å². The molecular weight excluding hydrogens is 362 g/mol. The summed E-state index contributed by atoms with van der Waals surface area (Å²) in [5.74, 6) is -1.10. The van der Waals surface area contributed by atoms with E-state index in [-0.39, 0.29) is 16.2 Å². The molecule has 0 unspecified atom stereocenters. The minimum Gasteiger partial charge on any atom is -0.478 e. The van der Waals surface area contributed by atoms with Gasteiger partial charge in [0, 0.05) is 13.1 Å². The minimum atomic E-state index is -3.57. The summed E-state index contributed by atoms with van der Waals surface area (Å²) in [7, 11) is -3.57. The number of anilines is 1. The number of hydrogen-bond acceptors (Lipinski definition) is 4. The van der Waals surface area contributed by atoms with Crippen LogP contribution in [0, 0.1) is 0 Å². The van der Waals surface area contributed by atoms with Crippen molar-refractivity contribution in [2.24, 2.45) is 0 Å². The number of aryl methyl sites for hydroxylation is 1. The standard InChI is InChI=1S/C21H25NO4S/c23-21(24)18-11-12-19(22-13-5-2-6-14-22)20(16-18)27(25,26)15-7-10-17-8-3-1-4-9-17/h1,3-4,8-9,11-12,16H,2,5-7,10,13-15H2,(H,23,24). The number of nitrogens with zero attached hydrogens (tertiary/aromatic N) is 1. The second-order valence-electron chi connectivity index (χ2n) is 6.94. The number of benzene rings is 2. The van der Waals surface area contributed by atoms with Gasteiger partial charge in [0.05, 0.1) is 21.9 Å². The SMILES string of the molecule is O=C(O)c1ccc(N2CCCCC2)c(S(=O)(=O)CCCc2ccccc2)c1. The van der Waals surface area contributed by atoms with Crippen molar-refractivity contribution in [1.82, 2.24) is 0 Å². The Bertz CT molecular complexity index is 888. The maximum atomic E-state index is 13.0. The van der Waals surface area contributed by atoms with Crippen molar-refractivity contribution in [3.05, 3.63) is 59.7 Å². The van der Waals surface area contributed by atoms with E-state index in [1.165, 1.54) is 12.1 Å². The van der Waals surface area contributed by atoms with Gasteiger partial charge >= 0.3 is 5.97 Å². The molecule has 1 heterocycles. The maximum Gasteiger partial charge on any atom is 0.335 e. The van der Waals surface area contributed by atoms with Crippen LogP contribution in [0.3, 0.4) is 0 Å². The summed E-state index contributed by atoms with van der Waals surface area (Å²) in [6, 6.07) is 14.2. The highest BCUT2D eigenvalue weighted by Crippen LogP contribution is 2.30. The number of carboxylic acids is 1. The Morgan fingerprint density at radius 2 is 1.70 bits per heavy atom. The summed E-state index contributed by atoms with van der Waals surface area (Å²) >= 11 is 0. The number of sulfone groups is 1. The van der Waals surface area contributed by atoms with Crippen LogP contribution in [-0.2, 0) is 16.3 Å². The number of aromatic carboxylic acids is 1. The molecule has 0 amide bonds. The Hall–Kier alpha value is -2.34. The molecule has 0 aromatic heterocycles. The number of hydrogen-bond donors (Lipinski definition) is 1. The summed E-state index contributed by atoms with van der Waals surface area (Å²) in [6.07, 6.45) is 4.37. The van der Waals surface area contributed by atoms with Crippen LogP contribution in [0.4, 0.5) is 5.69 Å². The Labute approximate surface area is 160 Å². The molecule has 0 bridgehead atoms. The van der Waals surface area contributed by atoms with Gasteiger partial charge in [-0.2, -0.15) is 0 Å². The van der Waals surface area contributed by atoms with Gasteiger partial charge in [0.25, 0.3) is 0 Å². The third-order valence-corrected chi connectivity index (χ3v) is 6.78. The Kier molecular flexibility index (Phi) is 6.16. The first kappa shape index (κ1) is 19.4. The molecule has 1 saturated heterocycles. The number of piperidine rings is 1. The van der Waals surface area contributed by atoms with E-state index in [9.17, 15) is 18.3 Å². The molecule has 0 radical (unpaired) electrons. The van der Waals surface area contributed by atoms with Gasteiger partial charge in [-0.25, -0.2) is 13.2 Å². The largest absolute Gasteiger partial charge is 0.478 e. The van der Waals surface area contributed by atoms with Crippen LogP contribution in [0.2, 0.25) is 0 Å². The van der Waals surface area contributed by atoms with Gasteiger partial charge in [-0.3, -0.25) is 0 Å². The van der Waals surface area contributed by atoms with Crippen molar-refractivity contribution in [2.45, 2.75) is 37.0 Å². The summed E-state index contributed by atoms with van der Waals surface area (Å²) in [5.41, 5.74) is 1.75. The van der Waals surface area contributed by atoms with Crippen molar-refractivity contribution in [1.29, 1.82) is 0 Å². The topological polar surface area (TPSA) is 74.7 Å². The van der Waals surface area contributed by atoms with Crippen molar-refractivity contribution in [3.63, 3.8) is 0 Å². The molecule has 144 valence electrons. The van der Waals surface area contributed by atoms with Crippen LogP contribution in [0.1, 0.15) is 41.6 Å². The van der Waals surface area contributed by atoms with Crippen molar-refractivity contribution in [3.8, 4) is 0 Å². The zero-order valence-corrected chi connectivity index (χ0v) is 16.1. The quantitative estimate of drug-likeness (QED) is 0.782. The predicted molar refractivity (Wildman–Crippen MR) is 106 cm³/mol. The second-order valence-corrected chi connectivity index (χ2v) is 9.02. The molecule has 0 atom stereocenters. The zero-order chi connectivity index (χ0) is 19.3. The van der Waals surface area contributed by atoms with E-state index in [0.717, 1.165) is 37.9 Å². The first-order valence-electron chi connectivity index (χ1n) is 9.36. The second kappa shape index (κ2) is 8.57. The normalized spacial score (nSPS) is 14.9. The highest BCUT2D eigenvalue weighted by atomic mass is 32.2. The molecule has 1 N–H and O–H groups in total. The van der Waals surface area contributed by atoms with E-state index in [4.69, 9.17) is 0 Å². The van der Waals surface area contributed by atoms with Gasteiger partial charge in [0.1, 0.15) is 0 Å². The first-order valence-corrected chi connectivity index (χ1v) is 11.0.